The highest BCUT2D eigenvalue weighted by Gasteiger charge is 2.22. The van der Waals surface area contributed by atoms with Gasteiger partial charge in [-0.15, -0.1) is 0 Å². The fraction of sp³-hybridized carbons (Fsp3) is 1.00. The predicted octanol–water partition coefficient (Wildman–Crippen LogP) is 4.17. The molecular formula is C21H46NO7P. The summed E-state index contributed by atoms with van der Waals surface area (Å²) in [6, 6.07) is 0. The minimum absolute atomic E-state index is 0.00496. The van der Waals surface area contributed by atoms with Crippen LogP contribution >= 0.6 is 7.82 Å². The maximum Gasteiger partial charge on any atom is 0.472 e. The Hall–Kier alpha value is -0.0500. The van der Waals surface area contributed by atoms with Gasteiger partial charge in [0.2, 0.25) is 0 Å². The van der Waals surface area contributed by atoms with E-state index in [-0.39, 0.29) is 32.5 Å². The highest BCUT2D eigenvalue weighted by atomic mass is 31.2. The lowest BCUT2D eigenvalue weighted by Crippen LogP contribution is -2.26. The molecule has 2 unspecified atom stereocenters. The third-order valence-corrected chi connectivity index (χ3v) is 5.86. The van der Waals surface area contributed by atoms with E-state index in [0.29, 0.717) is 6.61 Å². The Morgan fingerprint density at radius 2 is 1.43 bits per heavy atom. The number of hydrogen-bond donors (Lipinski definition) is 3. The lowest BCUT2D eigenvalue weighted by Gasteiger charge is -2.18. The zero-order chi connectivity index (χ0) is 22.5. The number of nitrogens with two attached hydrogens (primary N) is 1. The van der Waals surface area contributed by atoms with Crippen LogP contribution in [0.2, 0.25) is 0 Å². The summed E-state index contributed by atoms with van der Waals surface area (Å²) >= 11 is 0. The largest absolute Gasteiger partial charge is 0.472 e. The van der Waals surface area contributed by atoms with Crippen LogP contribution in [0.15, 0.2) is 0 Å². The average molecular weight is 456 g/mol. The van der Waals surface area contributed by atoms with Gasteiger partial charge in [-0.2, -0.15) is 0 Å². The fourth-order valence-electron chi connectivity index (χ4n) is 3.07. The molecule has 0 aromatic rings. The van der Waals surface area contributed by atoms with E-state index in [9.17, 15) is 14.6 Å². The topological polar surface area (TPSA) is 120 Å². The summed E-state index contributed by atoms with van der Waals surface area (Å²) in [7, 11) is -2.52. The second-order valence-corrected chi connectivity index (χ2v) is 9.21. The molecule has 0 saturated heterocycles. The molecule has 3 atom stereocenters. The first kappa shape index (κ1) is 29.9. The molecule has 0 rings (SSSR count). The zero-order valence-electron chi connectivity index (χ0n) is 19.1. The lowest BCUT2D eigenvalue weighted by atomic mass is 10.0. The van der Waals surface area contributed by atoms with Crippen molar-refractivity contribution in [2.45, 2.75) is 96.2 Å². The van der Waals surface area contributed by atoms with Crippen molar-refractivity contribution in [1.82, 2.24) is 0 Å². The average Bonchev–Trinajstić information content (AvgIpc) is 2.73. The van der Waals surface area contributed by atoms with Crippen molar-refractivity contribution < 1.29 is 33.1 Å². The molecule has 0 saturated carbocycles. The molecule has 30 heavy (non-hydrogen) atoms. The summed E-state index contributed by atoms with van der Waals surface area (Å²) in [4.78, 5) is 9.36. The Bertz CT molecular complexity index is 415. The lowest BCUT2D eigenvalue weighted by molar-refractivity contribution is -0.0386. The smallest absolute Gasteiger partial charge is 0.388 e. The van der Waals surface area contributed by atoms with Crippen molar-refractivity contribution >= 4 is 7.82 Å². The van der Waals surface area contributed by atoms with Gasteiger partial charge in [-0.3, -0.25) is 9.05 Å². The van der Waals surface area contributed by atoms with Crippen LogP contribution in [-0.2, 0) is 23.1 Å². The van der Waals surface area contributed by atoms with Crippen molar-refractivity contribution in [2.24, 2.45) is 5.73 Å². The van der Waals surface area contributed by atoms with Crippen LogP contribution in [0.3, 0.4) is 0 Å². The number of phosphoric acid groups is 1. The van der Waals surface area contributed by atoms with Crippen LogP contribution < -0.4 is 5.73 Å². The third kappa shape index (κ3) is 19.9. The Morgan fingerprint density at radius 1 is 0.867 bits per heavy atom. The number of unbranched alkanes of at least 4 members (excludes halogenated alkanes) is 10. The normalized spacial score (nSPS) is 15.8. The SMILES string of the molecule is CCCCCCCCCCCCCC(COC[C@@H](O)COP(=O)(O)OCCN)OC. The first-order valence-electron chi connectivity index (χ1n) is 11.6. The molecule has 0 radical (unpaired) electrons. The van der Waals surface area contributed by atoms with Gasteiger partial charge in [0.05, 0.1) is 32.5 Å². The van der Waals surface area contributed by atoms with Gasteiger partial charge in [0.25, 0.3) is 0 Å². The molecule has 182 valence electrons. The predicted molar refractivity (Wildman–Crippen MR) is 119 cm³/mol. The van der Waals surface area contributed by atoms with Crippen LogP contribution in [0.25, 0.3) is 0 Å². The second-order valence-electron chi connectivity index (χ2n) is 7.76. The Labute approximate surface area is 183 Å². The van der Waals surface area contributed by atoms with Gasteiger partial charge < -0.3 is 25.2 Å². The molecular weight excluding hydrogens is 409 g/mol. The van der Waals surface area contributed by atoms with Crippen molar-refractivity contribution in [3.63, 3.8) is 0 Å². The second kappa shape index (κ2) is 20.8. The van der Waals surface area contributed by atoms with Crippen LogP contribution in [0.5, 0.6) is 0 Å². The van der Waals surface area contributed by atoms with Crippen molar-refractivity contribution in [1.29, 1.82) is 0 Å². The third-order valence-electron chi connectivity index (χ3n) is 4.88. The molecule has 0 fully saturated rings. The number of aliphatic hydroxyl groups is 1. The molecule has 0 amide bonds. The minimum atomic E-state index is -4.18. The maximum atomic E-state index is 11.5. The summed E-state index contributed by atoms with van der Waals surface area (Å²) in [6.07, 6.45) is 14.2. The molecule has 0 aromatic heterocycles. The molecule has 9 heteroatoms. The number of phosphoric ester groups is 1. The highest BCUT2D eigenvalue weighted by molar-refractivity contribution is 7.47. The first-order valence-corrected chi connectivity index (χ1v) is 13.0. The quantitative estimate of drug-likeness (QED) is 0.155. The van der Waals surface area contributed by atoms with Gasteiger partial charge in [0, 0.05) is 13.7 Å². The zero-order valence-corrected chi connectivity index (χ0v) is 20.0. The maximum absolute atomic E-state index is 11.5. The first-order chi connectivity index (χ1) is 14.4. The van der Waals surface area contributed by atoms with E-state index in [4.69, 9.17) is 19.7 Å². The number of rotatable bonds is 23. The minimum Gasteiger partial charge on any atom is -0.388 e. The Balaban J connectivity index is 3.62. The Morgan fingerprint density at radius 3 is 1.97 bits per heavy atom. The number of hydrogen-bond acceptors (Lipinski definition) is 7. The van der Waals surface area contributed by atoms with E-state index >= 15 is 0 Å². The monoisotopic (exact) mass is 455 g/mol. The van der Waals surface area contributed by atoms with Crippen LogP contribution in [0.1, 0.15) is 84.0 Å². The van der Waals surface area contributed by atoms with Gasteiger partial charge in [0.15, 0.2) is 0 Å². The fourth-order valence-corrected chi connectivity index (χ4v) is 3.85. The van der Waals surface area contributed by atoms with Crippen molar-refractivity contribution in [2.75, 3.05) is 40.1 Å². The molecule has 0 heterocycles. The summed E-state index contributed by atoms with van der Waals surface area (Å²) in [5.41, 5.74) is 5.19. The van der Waals surface area contributed by atoms with Crippen LogP contribution in [-0.4, -0.2) is 62.3 Å². The van der Waals surface area contributed by atoms with Gasteiger partial charge in [-0.25, -0.2) is 4.57 Å². The highest BCUT2D eigenvalue weighted by Crippen LogP contribution is 2.42. The van der Waals surface area contributed by atoms with E-state index in [0.717, 1.165) is 12.8 Å². The molecule has 0 bridgehead atoms. The van der Waals surface area contributed by atoms with Gasteiger partial charge >= 0.3 is 7.82 Å². The van der Waals surface area contributed by atoms with Crippen molar-refractivity contribution in [3.05, 3.63) is 0 Å². The van der Waals surface area contributed by atoms with Crippen LogP contribution in [0.4, 0.5) is 0 Å². The number of methoxy groups -OCH3 is 1. The molecule has 4 N–H and O–H groups in total. The summed E-state index contributed by atoms with van der Waals surface area (Å²) < 4.78 is 31.6. The number of ether oxygens (including phenoxy) is 2. The summed E-state index contributed by atoms with van der Waals surface area (Å²) in [5, 5.41) is 9.80. The van der Waals surface area contributed by atoms with E-state index in [1.165, 1.54) is 64.2 Å². The molecule has 8 nitrogen and oxygen atoms in total. The van der Waals surface area contributed by atoms with E-state index in [2.05, 4.69) is 11.4 Å². The van der Waals surface area contributed by atoms with Gasteiger partial charge in [-0.05, 0) is 6.42 Å². The molecule has 0 aromatic carbocycles. The van der Waals surface area contributed by atoms with Crippen LogP contribution in [0, 0.1) is 0 Å². The van der Waals surface area contributed by atoms with Gasteiger partial charge in [0.1, 0.15) is 6.10 Å². The molecule has 0 spiro atoms. The van der Waals surface area contributed by atoms with Crippen molar-refractivity contribution in [3.8, 4) is 0 Å². The van der Waals surface area contributed by atoms with E-state index in [1.807, 2.05) is 0 Å². The molecule has 0 aliphatic rings. The standard InChI is InChI=1S/C21H46NO7P/c1-3-4-5-6-7-8-9-10-11-12-13-14-21(26-2)19-27-17-20(23)18-29-30(24,25)28-16-15-22/h20-21,23H,3-19,22H2,1-2H3,(H,24,25)/t20-,21?/m1/s1. The van der Waals surface area contributed by atoms with Gasteiger partial charge in [-0.1, -0.05) is 77.6 Å². The summed E-state index contributed by atoms with van der Waals surface area (Å²) in [6.45, 7) is 2.28. The molecule has 0 aliphatic heterocycles. The summed E-state index contributed by atoms with van der Waals surface area (Å²) in [5.74, 6) is 0. The number of aliphatic hydroxyl groups excluding tert-OH is 1. The Kier molecular flexibility index (Phi) is 20.8. The van der Waals surface area contributed by atoms with E-state index < -0.39 is 13.9 Å². The molecule has 0 aliphatic carbocycles. The van der Waals surface area contributed by atoms with E-state index in [1.54, 1.807) is 7.11 Å².